The maximum atomic E-state index is 13.5. The summed E-state index contributed by atoms with van der Waals surface area (Å²) in [6.45, 7) is 6.01. The molecule has 4 nitrogen and oxygen atoms in total. The number of nitrogens with zero attached hydrogens (tertiary/aromatic N) is 1. The summed E-state index contributed by atoms with van der Waals surface area (Å²) in [5.41, 5.74) is 5.11. The number of hydrogen-bond donors (Lipinski definition) is 0. The van der Waals surface area contributed by atoms with E-state index in [1.165, 1.54) is 36.4 Å². The highest BCUT2D eigenvalue weighted by Crippen LogP contribution is 2.48. The minimum Gasteiger partial charge on any atom is -0.553 e. The molecule has 1 heterocycles. The van der Waals surface area contributed by atoms with Gasteiger partial charge in [-0.2, -0.15) is 0 Å². The first-order valence-electron chi connectivity index (χ1n) is 11.2. The van der Waals surface area contributed by atoms with Crippen LogP contribution >= 0.6 is 0 Å². The number of anilines is 1. The monoisotopic (exact) mass is 479 g/mol. The summed E-state index contributed by atoms with van der Waals surface area (Å²) in [5, 5.41) is 0. The van der Waals surface area contributed by atoms with Crippen molar-refractivity contribution in [3.63, 3.8) is 0 Å². The lowest BCUT2D eigenvalue weighted by Crippen LogP contribution is -2.55. The number of amides is 1. The second-order valence-electron chi connectivity index (χ2n) is 8.77. The Labute approximate surface area is 201 Å². The van der Waals surface area contributed by atoms with E-state index in [-0.39, 0.29) is 30.0 Å². The van der Waals surface area contributed by atoms with Gasteiger partial charge in [0.05, 0.1) is 12.0 Å². The van der Waals surface area contributed by atoms with Crippen molar-refractivity contribution < 1.29 is 22.8 Å². The molecular formula is C27H27F2NO3Si. The molecule has 34 heavy (non-hydrogen) atoms. The first kappa shape index (κ1) is 23.8. The van der Waals surface area contributed by atoms with Crippen molar-refractivity contribution in [3.8, 4) is 5.75 Å². The number of β-lactam (4-membered cyclic amide) rings is 1. The Morgan fingerprint density at radius 2 is 1.56 bits per heavy atom. The molecule has 0 N–H and O–H groups in total. The van der Waals surface area contributed by atoms with E-state index >= 15 is 0 Å². The number of ketones is 1. The van der Waals surface area contributed by atoms with Gasteiger partial charge < -0.3 is 9.33 Å². The first-order valence-corrected chi connectivity index (χ1v) is 12.1. The lowest BCUT2D eigenvalue weighted by atomic mass is 9.76. The van der Waals surface area contributed by atoms with Crippen LogP contribution in [0.2, 0.25) is 0 Å². The molecule has 7 heteroatoms. The van der Waals surface area contributed by atoms with Crippen molar-refractivity contribution in [3.05, 3.63) is 94.0 Å². The fourth-order valence-corrected chi connectivity index (χ4v) is 5.48. The summed E-state index contributed by atoms with van der Waals surface area (Å²) in [4.78, 5) is 27.7. The Hall–Kier alpha value is -3.32. The van der Waals surface area contributed by atoms with Crippen LogP contribution in [0.25, 0.3) is 0 Å². The average Bonchev–Trinajstić information content (AvgIpc) is 2.82. The van der Waals surface area contributed by atoms with Crippen molar-refractivity contribution in [1.82, 2.24) is 0 Å². The molecular weight excluding hydrogens is 452 g/mol. The van der Waals surface area contributed by atoms with Crippen LogP contribution in [0.4, 0.5) is 14.5 Å². The van der Waals surface area contributed by atoms with Crippen molar-refractivity contribution in [1.29, 1.82) is 0 Å². The lowest BCUT2D eigenvalue weighted by Gasteiger charge is -2.48. The van der Waals surface area contributed by atoms with Gasteiger partial charge in [0.25, 0.3) is 0 Å². The molecule has 4 rings (SSSR count). The SMILES string of the molecule is Cc1cc([C@@H]2[C@@H](CCC(=O)c3ccc(F)cc3)C(=O)N2c2ccc(F)cc2)c(C)c(C)c1O[SiH3]. The van der Waals surface area contributed by atoms with Gasteiger partial charge in [-0.05, 0) is 98.0 Å². The Morgan fingerprint density at radius 1 is 0.971 bits per heavy atom. The van der Waals surface area contributed by atoms with Crippen molar-refractivity contribution >= 4 is 27.9 Å². The van der Waals surface area contributed by atoms with Gasteiger partial charge in [-0.3, -0.25) is 9.59 Å². The van der Waals surface area contributed by atoms with Gasteiger partial charge in [-0.25, -0.2) is 8.78 Å². The summed E-state index contributed by atoms with van der Waals surface area (Å²) in [6, 6.07) is 13.1. The number of benzene rings is 3. The van der Waals surface area contributed by atoms with Gasteiger partial charge >= 0.3 is 0 Å². The number of aryl methyl sites for hydroxylation is 1. The minimum atomic E-state index is -0.399. The predicted octanol–water partition coefficient (Wildman–Crippen LogP) is 4.92. The first-order chi connectivity index (χ1) is 16.2. The smallest absolute Gasteiger partial charge is 0.233 e. The van der Waals surface area contributed by atoms with Crippen LogP contribution < -0.4 is 9.33 Å². The number of halogens is 2. The number of carbonyl (C=O) groups is 2. The molecule has 0 saturated carbocycles. The zero-order valence-corrected chi connectivity index (χ0v) is 21.7. The highest BCUT2D eigenvalue weighted by molar-refractivity contribution is 6.04. The fraction of sp³-hybridized carbons (Fsp3) is 0.259. The van der Waals surface area contributed by atoms with E-state index in [0.29, 0.717) is 28.2 Å². The third kappa shape index (κ3) is 4.28. The molecule has 1 amide bonds. The van der Waals surface area contributed by atoms with Crippen molar-refractivity contribution in [2.24, 2.45) is 5.92 Å². The molecule has 1 fully saturated rings. The lowest BCUT2D eigenvalue weighted by molar-refractivity contribution is -0.130. The Kier molecular flexibility index (Phi) is 6.66. The maximum absolute atomic E-state index is 13.5. The second kappa shape index (κ2) is 9.50. The van der Waals surface area contributed by atoms with E-state index in [1.807, 2.05) is 20.8 Å². The van der Waals surface area contributed by atoms with Crippen LogP contribution in [0.1, 0.15) is 51.5 Å². The van der Waals surface area contributed by atoms with Crippen LogP contribution in [-0.2, 0) is 4.79 Å². The molecule has 0 unspecified atom stereocenters. The van der Waals surface area contributed by atoms with Gasteiger partial charge in [0.15, 0.2) is 5.78 Å². The minimum absolute atomic E-state index is 0.0959. The number of rotatable bonds is 7. The molecule has 1 aliphatic rings. The van der Waals surface area contributed by atoms with Crippen LogP contribution in [0.15, 0.2) is 54.6 Å². The molecule has 2 atom stereocenters. The quantitative estimate of drug-likeness (QED) is 0.275. The van der Waals surface area contributed by atoms with Gasteiger partial charge in [0.1, 0.15) is 17.4 Å². The van der Waals surface area contributed by atoms with Crippen LogP contribution in [0.3, 0.4) is 0 Å². The van der Waals surface area contributed by atoms with Crippen molar-refractivity contribution in [2.45, 2.75) is 39.7 Å². The summed E-state index contributed by atoms with van der Waals surface area (Å²) in [5.74, 6) is -0.517. The van der Waals surface area contributed by atoms with Crippen LogP contribution in [-0.4, -0.2) is 22.2 Å². The molecule has 1 aliphatic heterocycles. The van der Waals surface area contributed by atoms with E-state index in [1.54, 1.807) is 17.0 Å². The predicted molar refractivity (Wildman–Crippen MR) is 131 cm³/mol. The Balaban J connectivity index is 1.67. The summed E-state index contributed by atoms with van der Waals surface area (Å²) >= 11 is 0. The summed E-state index contributed by atoms with van der Waals surface area (Å²) in [6.07, 6.45) is 0.544. The zero-order valence-electron chi connectivity index (χ0n) is 19.7. The van der Waals surface area contributed by atoms with Crippen molar-refractivity contribution in [2.75, 3.05) is 4.90 Å². The number of carbonyl (C=O) groups excluding carboxylic acids is 2. The van der Waals surface area contributed by atoms with E-state index in [9.17, 15) is 18.4 Å². The highest BCUT2D eigenvalue weighted by Gasteiger charge is 2.49. The summed E-state index contributed by atoms with van der Waals surface area (Å²) in [7, 11) is 0.573. The van der Waals surface area contributed by atoms with Gasteiger partial charge in [-0.15, -0.1) is 0 Å². The maximum Gasteiger partial charge on any atom is 0.233 e. The van der Waals surface area contributed by atoms with Crippen LogP contribution in [0, 0.1) is 38.3 Å². The Bertz CT molecular complexity index is 1240. The largest absolute Gasteiger partial charge is 0.553 e. The van der Waals surface area contributed by atoms with E-state index < -0.39 is 11.7 Å². The normalized spacial score (nSPS) is 17.6. The second-order valence-corrected chi connectivity index (χ2v) is 9.18. The standard InChI is InChI=1S/C27H27F2NO3Si/c1-15-14-23(16(2)17(3)26(15)33-34)25-22(12-13-24(31)18-4-6-19(28)7-5-18)27(32)30(25)21-10-8-20(29)9-11-21/h4-11,14,22,25H,12-13H2,1-3,34H3/t22-,25+/m1/s1. The molecule has 0 radical (unpaired) electrons. The molecule has 0 spiro atoms. The number of Topliss-reactive ketones (excluding diaryl/α,β-unsaturated/α-hetero) is 1. The Morgan fingerprint density at radius 3 is 2.15 bits per heavy atom. The molecule has 176 valence electrons. The molecule has 0 aromatic heterocycles. The van der Waals surface area contributed by atoms with E-state index in [0.717, 1.165) is 28.0 Å². The zero-order chi connectivity index (χ0) is 24.6. The highest BCUT2D eigenvalue weighted by atomic mass is 28.2. The molecule has 3 aromatic carbocycles. The average molecular weight is 480 g/mol. The van der Waals surface area contributed by atoms with E-state index in [2.05, 4.69) is 6.07 Å². The third-order valence-corrected chi connectivity index (χ3v) is 7.16. The third-order valence-electron chi connectivity index (χ3n) is 6.76. The fourth-order valence-electron chi connectivity index (χ4n) is 4.85. The molecule has 3 aromatic rings. The summed E-state index contributed by atoms with van der Waals surface area (Å²) < 4.78 is 32.5. The molecule has 0 aliphatic carbocycles. The number of hydrogen-bond acceptors (Lipinski definition) is 3. The van der Waals surface area contributed by atoms with Gasteiger partial charge in [-0.1, -0.05) is 6.07 Å². The van der Waals surface area contributed by atoms with Crippen LogP contribution in [0.5, 0.6) is 5.75 Å². The van der Waals surface area contributed by atoms with E-state index in [4.69, 9.17) is 4.43 Å². The molecule has 0 bridgehead atoms. The van der Waals surface area contributed by atoms with Gasteiger partial charge in [0.2, 0.25) is 16.4 Å². The topological polar surface area (TPSA) is 46.6 Å². The molecule has 1 saturated heterocycles. The van der Waals surface area contributed by atoms with Gasteiger partial charge in [0, 0.05) is 17.7 Å².